The van der Waals surface area contributed by atoms with Crippen LogP contribution in [0.15, 0.2) is 0 Å². The largest absolute Gasteiger partial charge is 0.451 e. The summed E-state index contributed by atoms with van der Waals surface area (Å²) in [6.45, 7) is 2.86. The number of carbonyl (C=O) groups excluding carboxylic acids is 1. The fourth-order valence-corrected chi connectivity index (χ4v) is 3.04. The van der Waals surface area contributed by atoms with Gasteiger partial charge in [0.25, 0.3) is 0 Å². The topological polar surface area (TPSA) is 60.2 Å². The van der Waals surface area contributed by atoms with Gasteiger partial charge in [0.15, 0.2) is 5.82 Å². The lowest BCUT2D eigenvalue weighted by atomic mass is 9.93. The number of nitrogens with zero attached hydrogens (tertiary/aromatic N) is 4. The van der Waals surface area contributed by atoms with E-state index in [0.29, 0.717) is 6.61 Å². The molecule has 6 nitrogen and oxygen atoms in total. The average Bonchev–Trinajstić information content (AvgIpc) is 2.90. The lowest BCUT2D eigenvalue weighted by molar-refractivity contribution is -0.149. The maximum Gasteiger partial charge on any atom is 0.451 e. The molecule has 0 N–H and O–H groups in total. The van der Waals surface area contributed by atoms with E-state index >= 15 is 0 Å². The van der Waals surface area contributed by atoms with Crippen molar-refractivity contribution in [1.29, 1.82) is 0 Å². The summed E-state index contributed by atoms with van der Waals surface area (Å²) in [5, 5.41) is 6.80. The number of fused-ring (bicyclic) bond motifs is 1. The maximum atomic E-state index is 12.8. The van der Waals surface area contributed by atoms with Crippen molar-refractivity contribution in [3.05, 3.63) is 11.6 Å². The second-order valence-electron chi connectivity index (χ2n) is 5.67. The SMILES string of the molecule is C[C@@H]1OCCC[C@@H]1C(=O)N1CCn2c(nnc2C(F)(F)F)C1. The zero-order chi connectivity index (χ0) is 15.9. The van der Waals surface area contributed by atoms with Crippen LogP contribution in [0.1, 0.15) is 31.4 Å². The van der Waals surface area contributed by atoms with Crippen LogP contribution in [0, 0.1) is 5.92 Å². The first-order valence-corrected chi connectivity index (χ1v) is 7.27. The highest BCUT2D eigenvalue weighted by Gasteiger charge is 2.41. The Kier molecular flexibility index (Phi) is 3.84. The van der Waals surface area contributed by atoms with Crippen LogP contribution < -0.4 is 0 Å². The maximum absolute atomic E-state index is 12.8. The van der Waals surface area contributed by atoms with Crippen molar-refractivity contribution in [2.24, 2.45) is 5.92 Å². The van der Waals surface area contributed by atoms with E-state index in [4.69, 9.17) is 4.74 Å². The molecule has 0 aliphatic carbocycles. The second-order valence-corrected chi connectivity index (χ2v) is 5.67. The number of alkyl halides is 3. The monoisotopic (exact) mass is 318 g/mol. The van der Waals surface area contributed by atoms with Gasteiger partial charge in [0, 0.05) is 19.7 Å². The zero-order valence-corrected chi connectivity index (χ0v) is 12.1. The summed E-state index contributed by atoms with van der Waals surface area (Å²) in [6.07, 6.45) is -3.12. The highest BCUT2D eigenvalue weighted by molar-refractivity contribution is 5.79. The molecule has 2 aliphatic rings. The standard InChI is InChI=1S/C13H17F3N4O2/c1-8-9(3-2-6-22-8)11(21)19-4-5-20-10(7-19)17-18-12(20)13(14,15)16/h8-9H,2-7H2,1H3/t8-,9-/m0/s1. The van der Waals surface area contributed by atoms with Crippen molar-refractivity contribution in [3.8, 4) is 0 Å². The number of ether oxygens (including phenoxy) is 1. The molecule has 1 fully saturated rings. The van der Waals surface area contributed by atoms with E-state index in [0.717, 1.165) is 17.4 Å². The van der Waals surface area contributed by atoms with Crippen LogP contribution in [0.25, 0.3) is 0 Å². The van der Waals surface area contributed by atoms with E-state index in [1.54, 1.807) is 4.90 Å². The molecule has 1 aromatic rings. The van der Waals surface area contributed by atoms with E-state index in [9.17, 15) is 18.0 Å². The fraction of sp³-hybridized carbons (Fsp3) is 0.769. The summed E-state index contributed by atoms with van der Waals surface area (Å²) in [5.41, 5.74) is 0. The van der Waals surface area contributed by atoms with Gasteiger partial charge in [0.05, 0.1) is 18.6 Å². The minimum absolute atomic E-state index is 0.0604. The van der Waals surface area contributed by atoms with Crippen LogP contribution in [-0.4, -0.2) is 44.8 Å². The fourth-order valence-electron chi connectivity index (χ4n) is 3.04. The smallest absolute Gasteiger partial charge is 0.378 e. The molecule has 2 atom stereocenters. The third kappa shape index (κ3) is 2.69. The van der Waals surface area contributed by atoms with Gasteiger partial charge in [-0.3, -0.25) is 4.79 Å². The van der Waals surface area contributed by atoms with Crippen molar-refractivity contribution in [1.82, 2.24) is 19.7 Å². The third-order valence-corrected chi connectivity index (χ3v) is 4.24. The van der Waals surface area contributed by atoms with E-state index in [1.807, 2.05) is 6.92 Å². The average molecular weight is 318 g/mol. The normalized spacial score (nSPS) is 25.9. The predicted molar refractivity (Wildman–Crippen MR) is 68.6 cm³/mol. The van der Waals surface area contributed by atoms with Crippen LogP contribution in [0.4, 0.5) is 13.2 Å². The number of amides is 1. The first-order valence-electron chi connectivity index (χ1n) is 7.27. The van der Waals surface area contributed by atoms with Gasteiger partial charge in [-0.2, -0.15) is 13.2 Å². The predicted octanol–water partition coefficient (Wildman–Crippen LogP) is 1.45. The molecule has 1 aromatic heterocycles. The van der Waals surface area contributed by atoms with Gasteiger partial charge in [0.1, 0.15) is 0 Å². The molecule has 0 unspecified atom stereocenters. The molecule has 122 valence electrons. The highest BCUT2D eigenvalue weighted by Crippen LogP contribution is 2.30. The van der Waals surface area contributed by atoms with Crippen LogP contribution >= 0.6 is 0 Å². The van der Waals surface area contributed by atoms with E-state index in [1.165, 1.54) is 0 Å². The Morgan fingerprint density at radius 1 is 1.32 bits per heavy atom. The van der Waals surface area contributed by atoms with Crippen molar-refractivity contribution in [2.75, 3.05) is 13.2 Å². The summed E-state index contributed by atoms with van der Waals surface area (Å²) in [5.74, 6) is -1.12. The molecule has 0 spiro atoms. The second kappa shape index (κ2) is 5.53. The lowest BCUT2D eigenvalue weighted by Gasteiger charge is -2.35. The molecular weight excluding hydrogens is 301 g/mol. The summed E-state index contributed by atoms with van der Waals surface area (Å²) < 4.78 is 44.9. The van der Waals surface area contributed by atoms with Crippen molar-refractivity contribution < 1.29 is 22.7 Å². The summed E-state index contributed by atoms with van der Waals surface area (Å²) >= 11 is 0. The third-order valence-electron chi connectivity index (χ3n) is 4.24. The first-order chi connectivity index (χ1) is 10.4. The Labute approximate surface area is 125 Å². The van der Waals surface area contributed by atoms with Crippen molar-refractivity contribution >= 4 is 5.91 Å². The molecule has 1 saturated heterocycles. The number of hydrogen-bond acceptors (Lipinski definition) is 4. The lowest BCUT2D eigenvalue weighted by Crippen LogP contribution is -2.46. The van der Waals surface area contributed by atoms with Crippen LogP contribution in [0.3, 0.4) is 0 Å². The zero-order valence-electron chi connectivity index (χ0n) is 12.1. The molecule has 3 heterocycles. The Morgan fingerprint density at radius 2 is 2.09 bits per heavy atom. The Bertz CT molecular complexity index is 572. The van der Waals surface area contributed by atoms with E-state index in [2.05, 4.69) is 10.2 Å². The van der Waals surface area contributed by atoms with E-state index in [-0.39, 0.29) is 43.4 Å². The van der Waals surface area contributed by atoms with Gasteiger partial charge >= 0.3 is 6.18 Å². The number of rotatable bonds is 1. The Hall–Kier alpha value is -1.64. The molecule has 9 heteroatoms. The molecule has 0 bridgehead atoms. The van der Waals surface area contributed by atoms with Crippen LogP contribution in [-0.2, 0) is 28.8 Å². The minimum Gasteiger partial charge on any atom is -0.378 e. The number of halogens is 3. The molecule has 1 amide bonds. The first kappa shape index (κ1) is 15.3. The molecule has 0 radical (unpaired) electrons. The number of carbonyl (C=O) groups is 1. The molecule has 0 aromatic carbocycles. The van der Waals surface area contributed by atoms with Gasteiger partial charge in [-0.1, -0.05) is 0 Å². The summed E-state index contributed by atoms with van der Waals surface area (Å²) in [7, 11) is 0. The minimum atomic E-state index is -4.52. The molecular formula is C13H17F3N4O2. The van der Waals surface area contributed by atoms with Gasteiger partial charge in [-0.05, 0) is 19.8 Å². The van der Waals surface area contributed by atoms with Crippen LogP contribution in [0.2, 0.25) is 0 Å². The van der Waals surface area contributed by atoms with Gasteiger partial charge in [-0.15, -0.1) is 10.2 Å². The molecule has 22 heavy (non-hydrogen) atoms. The Morgan fingerprint density at radius 3 is 2.77 bits per heavy atom. The Balaban J connectivity index is 1.74. The summed E-state index contributed by atoms with van der Waals surface area (Å²) in [4.78, 5) is 14.1. The van der Waals surface area contributed by atoms with Gasteiger partial charge in [-0.25, -0.2) is 0 Å². The van der Waals surface area contributed by atoms with Gasteiger partial charge < -0.3 is 14.2 Å². The van der Waals surface area contributed by atoms with Gasteiger partial charge in [0.2, 0.25) is 11.7 Å². The number of aromatic nitrogens is 3. The molecule has 0 saturated carbocycles. The number of hydrogen-bond donors (Lipinski definition) is 0. The van der Waals surface area contributed by atoms with Crippen molar-refractivity contribution in [2.45, 2.75) is 45.1 Å². The van der Waals surface area contributed by atoms with E-state index < -0.39 is 12.0 Å². The van der Waals surface area contributed by atoms with Crippen molar-refractivity contribution in [3.63, 3.8) is 0 Å². The molecule has 3 rings (SSSR count). The van der Waals surface area contributed by atoms with Crippen LogP contribution in [0.5, 0.6) is 0 Å². The summed E-state index contributed by atoms with van der Waals surface area (Å²) in [6, 6.07) is 0. The quantitative estimate of drug-likeness (QED) is 0.786. The molecule has 2 aliphatic heterocycles. The highest BCUT2D eigenvalue weighted by atomic mass is 19.4.